The van der Waals surface area contributed by atoms with Gasteiger partial charge in [0.15, 0.2) is 0 Å². The molecule has 3 aliphatic rings. The van der Waals surface area contributed by atoms with Gasteiger partial charge in [-0.15, -0.1) is 11.3 Å². The largest absolute Gasteiger partial charge is 0.438 e. The lowest BCUT2D eigenvalue weighted by molar-refractivity contribution is -0.0325. The summed E-state index contributed by atoms with van der Waals surface area (Å²) in [7, 11) is 0. The number of nitrogens with two attached hydrogens (primary N) is 1. The van der Waals surface area contributed by atoms with Crippen LogP contribution >= 0.6 is 11.3 Å². The molecule has 1 aromatic heterocycles. The summed E-state index contributed by atoms with van der Waals surface area (Å²) in [6.45, 7) is 5.50. The highest BCUT2D eigenvalue weighted by atomic mass is 32.1. The van der Waals surface area contributed by atoms with Gasteiger partial charge in [0, 0.05) is 6.54 Å². The van der Waals surface area contributed by atoms with E-state index in [1.807, 2.05) is 12.4 Å². The molecule has 2 bridgehead atoms. The molecule has 0 radical (unpaired) electrons. The summed E-state index contributed by atoms with van der Waals surface area (Å²) < 4.78 is 6.92. The number of ether oxygens (including phenoxy) is 1. The zero-order valence-corrected chi connectivity index (χ0v) is 18.0. The van der Waals surface area contributed by atoms with E-state index in [1.165, 1.54) is 30.6 Å². The van der Waals surface area contributed by atoms with E-state index in [1.54, 1.807) is 11.3 Å². The molecule has 2 atom stereocenters. The van der Waals surface area contributed by atoms with Gasteiger partial charge in [-0.3, -0.25) is 0 Å². The van der Waals surface area contributed by atoms with Crippen molar-refractivity contribution in [3.8, 4) is 11.1 Å². The summed E-state index contributed by atoms with van der Waals surface area (Å²) in [5.74, 6) is 1.25. The molecule has 3 aromatic rings. The highest BCUT2D eigenvalue weighted by molar-refractivity contribution is 7.16. The Hall–Kier alpha value is -2.44. The standard InChI is InChI=1S/C24H27N3O2S/c1-24(29-23(25)28,13-19-14-27-10-8-17(19)9-11-27)20-5-2-16(3-6-20)18-4-7-21-22(12-18)30-15-26-21/h2-7,12,15,17,19H,8-11,13-14H2,1H3,(H2,25,28). The number of carbonyl (C=O) groups excluding carboxylic acids is 1. The molecule has 6 heteroatoms. The molecule has 0 aliphatic carbocycles. The number of carbonyl (C=O) groups is 1. The molecule has 3 aliphatic heterocycles. The molecule has 5 nitrogen and oxygen atoms in total. The van der Waals surface area contributed by atoms with Crippen LogP contribution < -0.4 is 5.73 Å². The Kier molecular flexibility index (Phi) is 4.99. The topological polar surface area (TPSA) is 68.5 Å². The van der Waals surface area contributed by atoms with Crippen molar-refractivity contribution >= 4 is 27.6 Å². The fourth-order valence-electron chi connectivity index (χ4n) is 5.31. The second-order valence-electron chi connectivity index (χ2n) is 8.87. The maximum absolute atomic E-state index is 11.8. The number of aromatic nitrogens is 1. The number of primary amides is 1. The van der Waals surface area contributed by atoms with Crippen LogP contribution in [0.1, 0.15) is 31.7 Å². The van der Waals surface area contributed by atoms with Gasteiger partial charge in [0.2, 0.25) is 0 Å². The van der Waals surface area contributed by atoms with Crippen LogP contribution in [0.15, 0.2) is 48.0 Å². The van der Waals surface area contributed by atoms with Crippen LogP contribution in [0.3, 0.4) is 0 Å². The number of nitrogens with zero attached hydrogens (tertiary/aromatic N) is 2. The van der Waals surface area contributed by atoms with E-state index in [4.69, 9.17) is 10.5 Å². The number of thiazole rings is 1. The second kappa shape index (κ2) is 7.67. The molecule has 3 fully saturated rings. The Morgan fingerprint density at radius 2 is 1.93 bits per heavy atom. The summed E-state index contributed by atoms with van der Waals surface area (Å²) in [5, 5.41) is 0. The molecule has 4 heterocycles. The molecule has 0 saturated carbocycles. The SMILES string of the molecule is CC(CC1CN2CCC1CC2)(OC(N)=O)c1ccc(-c2ccc3ncsc3c2)cc1. The van der Waals surface area contributed by atoms with E-state index in [0.717, 1.165) is 41.1 Å². The van der Waals surface area contributed by atoms with Gasteiger partial charge in [-0.25, -0.2) is 9.78 Å². The molecular weight excluding hydrogens is 394 g/mol. The van der Waals surface area contributed by atoms with Gasteiger partial charge >= 0.3 is 6.09 Å². The average molecular weight is 422 g/mol. The molecule has 6 rings (SSSR count). The van der Waals surface area contributed by atoms with Crippen molar-refractivity contribution in [3.63, 3.8) is 0 Å². The van der Waals surface area contributed by atoms with E-state index in [9.17, 15) is 4.79 Å². The lowest BCUT2D eigenvalue weighted by Crippen LogP contribution is -2.49. The van der Waals surface area contributed by atoms with Crippen LogP contribution in [0.5, 0.6) is 0 Å². The van der Waals surface area contributed by atoms with Crippen molar-refractivity contribution in [1.82, 2.24) is 9.88 Å². The molecule has 2 N–H and O–H groups in total. The van der Waals surface area contributed by atoms with Gasteiger partial charge in [-0.2, -0.15) is 0 Å². The minimum Gasteiger partial charge on any atom is -0.438 e. The quantitative estimate of drug-likeness (QED) is 0.629. The van der Waals surface area contributed by atoms with E-state index >= 15 is 0 Å². The molecule has 156 valence electrons. The summed E-state index contributed by atoms with van der Waals surface area (Å²) in [6, 6.07) is 14.7. The summed E-state index contributed by atoms with van der Waals surface area (Å²) in [4.78, 5) is 18.7. The van der Waals surface area contributed by atoms with Crippen LogP contribution in [0, 0.1) is 11.8 Å². The predicted molar refractivity (Wildman–Crippen MR) is 120 cm³/mol. The molecule has 2 unspecified atom stereocenters. The number of rotatable bonds is 5. The zero-order valence-electron chi connectivity index (χ0n) is 17.2. The molecule has 2 aromatic carbocycles. The maximum Gasteiger partial charge on any atom is 0.405 e. The summed E-state index contributed by atoms with van der Waals surface area (Å²) >= 11 is 1.65. The van der Waals surface area contributed by atoms with Gasteiger partial charge in [0.05, 0.1) is 15.7 Å². The van der Waals surface area contributed by atoms with Crippen molar-refractivity contribution in [2.75, 3.05) is 19.6 Å². The molecule has 30 heavy (non-hydrogen) atoms. The second-order valence-corrected chi connectivity index (χ2v) is 9.75. The van der Waals surface area contributed by atoms with Gasteiger partial charge in [-0.1, -0.05) is 30.3 Å². The molecule has 1 amide bonds. The van der Waals surface area contributed by atoms with Crippen LogP contribution in [0.4, 0.5) is 4.79 Å². The summed E-state index contributed by atoms with van der Waals surface area (Å²) in [6.07, 6.45) is 2.59. The van der Waals surface area contributed by atoms with E-state index in [0.29, 0.717) is 5.92 Å². The minimum absolute atomic E-state index is 0.533. The van der Waals surface area contributed by atoms with Gasteiger partial charge in [-0.05, 0) is 79.9 Å². The van der Waals surface area contributed by atoms with Crippen molar-refractivity contribution in [3.05, 3.63) is 53.5 Å². The lowest BCUT2D eigenvalue weighted by atomic mass is 9.72. The van der Waals surface area contributed by atoms with Gasteiger partial charge < -0.3 is 15.4 Å². The number of piperidine rings is 3. The zero-order chi connectivity index (χ0) is 20.7. The number of fused-ring (bicyclic) bond motifs is 4. The van der Waals surface area contributed by atoms with Crippen LogP contribution in [-0.2, 0) is 10.3 Å². The third-order valence-corrected chi connectivity index (χ3v) is 7.72. The van der Waals surface area contributed by atoms with Crippen LogP contribution in [-0.4, -0.2) is 35.6 Å². The highest BCUT2D eigenvalue weighted by Crippen LogP contribution is 2.42. The number of hydrogen-bond donors (Lipinski definition) is 1. The predicted octanol–water partition coefficient (Wildman–Crippen LogP) is 5.01. The minimum atomic E-state index is -0.713. The molecular formula is C24H27N3O2S. The Labute approximate surface area is 180 Å². The fourth-order valence-corrected chi connectivity index (χ4v) is 6.03. The molecule has 0 spiro atoms. The monoisotopic (exact) mass is 421 g/mol. The lowest BCUT2D eigenvalue weighted by Gasteiger charge is -2.47. The Morgan fingerprint density at radius 3 is 2.60 bits per heavy atom. The Balaban J connectivity index is 1.41. The summed E-state index contributed by atoms with van der Waals surface area (Å²) in [5.41, 5.74) is 11.0. The van der Waals surface area contributed by atoms with Crippen molar-refractivity contribution in [1.29, 1.82) is 0 Å². The first-order valence-electron chi connectivity index (χ1n) is 10.7. The fraction of sp³-hybridized carbons (Fsp3) is 0.417. The smallest absolute Gasteiger partial charge is 0.405 e. The first-order valence-corrected chi connectivity index (χ1v) is 11.5. The third kappa shape index (κ3) is 3.70. The first kappa shape index (κ1) is 19.5. The number of hydrogen-bond acceptors (Lipinski definition) is 5. The van der Waals surface area contributed by atoms with Crippen molar-refractivity contribution in [2.45, 2.75) is 31.8 Å². The number of amides is 1. The number of benzene rings is 2. The van der Waals surface area contributed by atoms with Crippen LogP contribution in [0.25, 0.3) is 21.3 Å². The maximum atomic E-state index is 11.8. The van der Waals surface area contributed by atoms with E-state index < -0.39 is 11.7 Å². The Bertz CT molecular complexity index is 1060. The molecule has 3 saturated heterocycles. The third-order valence-electron chi connectivity index (χ3n) is 6.93. The normalized spacial score (nSPS) is 25.2. The van der Waals surface area contributed by atoms with Crippen molar-refractivity contribution in [2.24, 2.45) is 17.6 Å². The Morgan fingerprint density at radius 1 is 1.20 bits per heavy atom. The first-order chi connectivity index (χ1) is 14.5. The van der Waals surface area contributed by atoms with Crippen LogP contribution in [0.2, 0.25) is 0 Å². The van der Waals surface area contributed by atoms with Gasteiger partial charge in [0.25, 0.3) is 0 Å². The van der Waals surface area contributed by atoms with Gasteiger partial charge in [0.1, 0.15) is 5.60 Å². The highest BCUT2D eigenvalue weighted by Gasteiger charge is 2.41. The van der Waals surface area contributed by atoms with Crippen molar-refractivity contribution < 1.29 is 9.53 Å². The average Bonchev–Trinajstić information content (AvgIpc) is 3.22. The van der Waals surface area contributed by atoms with E-state index in [2.05, 4.69) is 52.3 Å². The van der Waals surface area contributed by atoms with E-state index in [-0.39, 0.29) is 0 Å².